The van der Waals surface area contributed by atoms with Crippen molar-refractivity contribution in [2.24, 2.45) is 12.8 Å². The SMILES string of the molecule is C[C@@H](CO[C@H]1CC[C@H](Oc2nc3c(F)cc(OC4CC4)cc3n2C)CC1)NC(N)=O. The number of aromatic nitrogens is 2. The van der Waals surface area contributed by atoms with Crippen molar-refractivity contribution in [1.82, 2.24) is 14.9 Å². The molecule has 0 bridgehead atoms. The summed E-state index contributed by atoms with van der Waals surface area (Å²) in [5.74, 6) is 0.138. The summed E-state index contributed by atoms with van der Waals surface area (Å²) in [5, 5.41) is 2.60. The molecule has 1 atom stereocenters. The molecule has 1 aromatic heterocycles. The number of halogens is 1. The molecule has 1 aromatic carbocycles. The molecular formula is C21H29FN4O4. The van der Waals surface area contributed by atoms with Crippen LogP contribution in [0.3, 0.4) is 0 Å². The predicted octanol–water partition coefficient (Wildman–Crippen LogP) is 3.02. The third-order valence-electron chi connectivity index (χ3n) is 5.56. The number of hydrogen-bond donors (Lipinski definition) is 2. The van der Waals surface area contributed by atoms with Gasteiger partial charge in [0.15, 0.2) is 5.82 Å². The zero-order chi connectivity index (χ0) is 21.3. The Morgan fingerprint density at radius 1 is 1.20 bits per heavy atom. The first kappa shape index (κ1) is 20.7. The molecule has 0 saturated heterocycles. The number of imidazole rings is 1. The number of primary amides is 1. The number of fused-ring (bicyclic) bond motifs is 1. The van der Waals surface area contributed by atoms with Gasteiger partial charge in [0.05, 0.1) is 30.4 Å². The van der Waals surface area contributed by atoms with Crippen molar-refractivity contribution in [3.63, 3.8) is 0 Å². The minimum atomic E-state index is -0.548. The van der Waals surface area contributed by atoms with Gasteiger partial charge in [0, 0.05) is 19.2 Å². The van der Waals surface area contributed by atoms with Crippen molar-refractivity contribution in [2.45, 2.75) is 69.8 Å². The fourth-order valence-corrected chi connectivity index (χ4v) is 3.78. The molecule has 1 heterocycles. The van der Waals surface area contributed by atoms with E-state index in [9.17, 15) is 9.18 Å². The van der Waals surface area contributed by atoms with E-state index in [2.05, 4.69) is 10.3 Å². The van der Waals surface area contributed by atoms with Crippen LogP contribution in [0.5, 0.6) is 11.8 Å². The summed E-state index contributed by atoms with van der Waals surface area (Å²) in [6.45, 7) is 2.28. The number of nitrogens with two attached hydrogens (primary N) is 1. The molecule has 164 valence electrons. The topological polar surface area (TPSA) is 101 Å². The first-order chi connectivity index (χ1) is 14.4. The highest BCUT2D eigenvalue weighted by Crippen LogP contribution is 2.33. The lowest BCUT2D eigenvalue weighted by Crippen LogP contribution is -2.40. The van der Waals surface area contributed by atoms with Crippen molar-refractivity contribution >= 4 is 17.1 Å². The third kappa shape index (κ3) is 4.95. The van der Waals surface area contributed by atoms with E-state index < -0.39 is 11.8 Å². The lowest BCUT2D eigenvalue weighted by Gasteiger charge is -2.29. The molecule has 2 saturated carbocycles. The number of carbonyl (C=O) groups is 1. The normalized spacial score (nSPS) is 22.6. The largest absolute Gasteiger partial charge is 0.490 e. The van der Waals surface area contributed by atoms with Crippen LogP contribution < -0.4 is 20.5 Å². The number of aryl methyl sites for hydroxylation is 1. The van der Waals surface area contributed by atoms with Gasteiger partial charge in [-0.25, -0.2) is 9.18 Å². The fourth-order valence-electron chi connectivity index (χ4n) is 3.78. The van der Waals surface area contributed by atoms with Gasteiger partial charge in [-0.3, -0.25) is 4.57 Å². The monoisotopic (exact) mass is 420 g/mol. The van der Waals surface area contributed by atoms with Crippen molar-refractivity contribution in [3.8, 4) is 11.8 Å². The van der Waals surface area contributed by atoms with Gasteiger partial charge in [-0.05, 0) is 45.4 Å². The van der Waals surface area contributed by atoms with Crippen molar-refractivity contribution in [3.05, 3.63) is 17.9 Å². The molecule has 2 fully saturated rings. The van der Waals surface area contributed by atoms with E-state index in [1.165, 1.54) is 6.07 Å². The van der Waals surface area contributed by atoms with Gasteiger partial charge in [0.2, 0.25) is 0 Å². The highest BCUT2D eigenvalue weighted by molar-refractivity contribution is 5.79. The summed E-state index contributed by atoms with van der Waals surface area (Å²) in [5.41, 5.74) is 6.07. The minimum absolute atomic E-state index is 0.00627. The van der Waals surface area contributed by atoms with Gasteiger partial charge in [-0.2, -0.15) is 4.98 Å². The Morgan fingerprint density at radius 3 is 2.50 bits per heavy atom. The lowest BCUT2D eigenvalue weighted by atomic mass is 9.95. The van der Waals surface area contributed by atoms with Gasteiger partial charge in [-0.1, -0.05) is 0 Å². The van der Waals surface area contributed by atoms with E-state index in [1.807, 2.05) is 20.0 Å². The molecule has 0 unspecified atom stereocenters. The number of urea groups is 1. The summed E-state index contributed by atoms with van der Waals surface area (Å²) in [7, 11) is 1.83. The van der Waals surface area contributed by atoms with Gasteiger partial charge in [0.1, 0.15) is 17.4 Å². The summed E-state index contributed by atoms with van der Waals surface area (Å²) < 4.78 is 34.0. The smallest absolute Gasteiger partial charge is 0.312 e. The molecule has 3 N–H and O–H groups in total. The first-order valence-corrected chi connectivity index (χ1v) is 10.6. The highest BCUT2D eigenvalue weighted by Gasteiger charge is 2.27. The molecule has 0 radical (unpaired) electrons. The number of nitrogens with one attached hydrogen (secondary N) is 1. The van der Waals surface area contributed by atoms with Crippen LogP contribution in [-0.2, 0) is 11.8 Å². The van der Waals surface area contributed by atoms with Crippen LogP contribution in [0.25, 0.3) is 11.0 Å². The van der Waals surface area contributed by atoms with E-state index in [1.54, 1.807) is 4.57 Å². The number of nitrogens with zero attached hydrogens (tertiary/aromatic N) is 2. The first-order valence-electron chi connectivity index (χ1n) is 10.6. The molecule has 9 heteroatoms. The molecule has 30 heavy (non-hydrogen) atoms. The van der Waals surface area contributed by atoms with E-state index >= 15 is 0 Å². The number of carbonyl (C=O) groups excluding carboxylic acids is 1. The minimum Gasteiger partial charge on any atom is -0.490 e. The number of benzene rings is 1. The fraction of sp³-hybridized carbons (Fsp3) is 0.619. The van der Waals surface area contributed by atoms with Crippen molar-refractivity contribution in [1.29, 1.82) is 0 Å². The van der Waals surface area contributed by atoms with Gasteiger partial charge < -0.3 is 25.3 Å². The second kappa shape index (κ2) is 8.67. The second-order valence-electron chi connectivity index (χ2n) is 8.30. The second-order valence-corrected chi connectivity index (χ2v) is 8.30. The zero-order valence-electron chi connectivity index (χ0n) is 17.4. The molecule has 2 aliphatic carbocycles. The maximum atomic E-state index is 14.5. The molecule has 0 aliphatic heterocycles. The van der Waals surface area contributed by atoms with Crippen molar-refractivity contribution < 1.29 is 23.4 Å². The Kier molecular flexibility index (Phi) is 5.99. The molecule has 2 aromatic rings. The van der Waals surface area contributed by atoms with Gasteiger partial charge >= 0.3 is 6.03 Å². The predicted molar refractivity (Wildman–Crippen MR) is 109 cm³/mol. The molecule has 4 rings (SSSR count). The van der Waals surface area contributed by atoms with Crippen LogP contribution in [0.15, 0.2) is 12.1 Å². The van der Waals surface area contributed by atoms with Gasteiger partial charge in [0.25, 0.3) is 6.01 Å². The summed E-state index contributed by atoms with van der Waals surface area (Å²) in [6, 6.07) is 2.96. The lowest BCUT2D eigenvalue weighted by molar-refractivity contribution is -0.00549. The number of hydrogen-bond acceptors (Lipinski definition) is 5. The Balaban J connectivity index is 1.33. The summed E-state index contributed by atoms with van der Waals surface area (Å²) in [4.78, 5) is 15.2. The number of amides is 2. The van der Waals surface area contributed by atoms with Crippen LogP contribution >= 0.6 is 0 Å². The molecule has 0 spiro atoms. The standard InChI is InChI=1S/C21H29FN4O4/c1-12(24-20(23)27)11-28-13-3-5-15(6-4-13)30-21-25-19-17(22)9-16(29-14-7-8-14)10-18(19)26(21)2/h9-10,12-15H,3-8,11H2,1-2H3,(H3,23,24,27)/t12-,13-,15-/m0/s1. The quantitative estimate of drug-likeness (QED) is 0.684. The Hall–Kier alpha value is -2.55. The highest BCUT2D eigenvalue weighted by atomic mass is 19.1. The van der Waals surface area contributed by atoms with Crippen LogP contribution in [0.2, 0.25) is 0 Å². The molecule has 8 nitrogen and oxygen atoms in total. The maximum Gasteiger partial charge on any atom is 0.312 e. The Morgan fingerprint density at radius 2 is 1.83 bits per heavy atom. The molecule has 2 aliphatic rings. The number of rotatable bonds is 8. The molecule has 2 amide bonds. The Bertz CT molecular complexity index is 906. The average molecular weight is 420 g/mol. The Labute approximate surface area is 174 Å². The zero-order valence-corrected chi connectivity index (χ0v) is 17.4. The maximum absolute atomic E-state index is 14.5. The van der Waals surface area contributed by atoms with Gasteiger partial charge in [-0.15, -0.1) is 0 Å². The van der Waals surface area contributed by atoms with Crippen LogP contribution in [0.4, 0.5) is 9.18 Å². The number of ether oxygens (including phenoxy) is 3. The van der Waals surface area contributed by atoms with Crippen LogP contribution in [-0.4, -0.2) is 46.5 Å². The third-order valence-corrected chi connectivity index (χ3v) is 5.56. The van der Waals surface area contributed by atoms with E-state index in [0.717, 1.165) is 38.5 Å². The van der Waals surface area contributed by atoms with E-state index in [0.29, 0.717) is 29.4 Å². The van der Waals surface area contributed by atoms with Crippen LogP contribution in [0, 0.1) is 5.82 Å². The summed E-state index contributed by atoms with van der Waals surface area (Å²) >= 11 is 0. The average Bonchev–Trinajstić information content (AvgIpc) is 3.45. The van der Waals surface area contributed by atoms with E-state index in [4.69, 9.17) is 19.9 Å². The van der Waals surface area contributed by atoms with Crippen LogP contribution in [0.1, 0.15) is 45.4 Å². The van der Waals surface area contributed by atoms with Crippen molar-refractivity contribution in [2.75, 3.05) is 6.61 Å². The van der Waals surface area contributed by atoms with E-state index in [-0.39, 0.29) is 24.4 Å². The molecular weight excluding hydrogens is 391 g/mol. The summed E-state index contributed by atoms with van der Waals surface area (Å²) in [6.07, 6.45) is 5.73.